The lowest BCUT2D eigenvalue weighted by Crippen LogP contribution is -2.52. The minimum atomic E-state index is -5.02. The molecule has 156 valence electrons. The number of carbonyl (C=O) groups is 3. The molecule has 1 aromatic heterocycles. The maximum atomic E-state index is 12.7. The second-order valence-corrected chi connectivity index (χ2v) is 6.25. The fourth-order valence-corrected chi connectivity index (χ4v) is 2.70. The van der Waals surface area contributed by atoms with Crippen molar-refractivity contribution in [3.05, 3.63) is 11.9 Å². The predicted molar refractivity (Wildman–Crippen MR) is 91.5 cm³/mol. The zero-order chi connectivity index (χ0) is 21.1. The van der Waals surface area contributed by atoms with Crippen molar-refractivity contribution < 1.29 is 32.3 Å². The van der Waals surface area contributed by atoms with E-state index in [0.717, 1.165) is 0 Å². The van der Waals surface area contributed by atoms with E-state index >= 15 is 0 Å². The first-order chi connectivity index (χ1) is 13.0. The molecule has 0 spiro atoms. The summed E-state index contributed by atoms with van der Waals surface area (Å²) in [4.78, 5) is 38.5. The average Bonchev–Trinajstić information content (AvgIpc) is 3.00. The number of carbonyl (C=O) groups excluding carboxylic acids is 3. The van der Waals surface area contributed by atoms with Crippen LogP contribution >= 0.6 is 0 Å². The van der Waals surface area contributed by atoms with Crippen molar-refractivity contribution >= 4 is 23.6 Å². The fourth-order valence-electron chi connectivity index (χ4n) is 2.70. The Morgan fingerprint density at radius 1 is 1.21 bits per heavy atom. The lowest BCUT2D eigenvalue weighted by Gasteiger charge is -2.35. The van der Waals surface area contributed by atoms with Crippen LogP contribution in [0.3, 0.4) is 0 Å². The monoisotopic (exact) mass is 405 g/mol. The Morgan fingerprint density at radius 3 is 2.32 bits per heavy atom. The first kappa shape index (κ1) is 21.5. The number of rotatable bonds is 4. The zero-order valence-corrected chi connectivity index (χ0v) is 15.7. The van der Waals surface area contributed by atoms with E-state index in [9.17, 15) is 27.6 Å². The molecule has 0 aliphatic carbocycles. The predicted octanol–water partition coefficient (Wildman–Crippen LogP) is 1.55. The van der Waals surface area contributed by atoms with Gasteiger partial charge in [-0.25, -0.2) is 4.79 Å². The van der Waals surface area contributed by atoms with Crippen LogP contribution in [0.15, 0.2) is 6.20 Å². The van der Waals surface area contributed by atoms with Gasteiger partial charge >= 0.3 is 18.2 Å². The molecule has 1 fully saturated rings. The Bertz CT molecular complexity index is 741. The molecule has 1 saturated heterocycles. The third-order valence-corrected chi connectivity index (χ3v) is 4.29. The number of ether oxygens (including phenoxy) is 1. The Labute approximate surface area is 159 Å². The molecule has 0 radical (unpaired) electrons. The lowest BCUT2D eigenvalue weighted by atomic mass is 10.2. The van der Waals surface area contributed by atoms with Gasteiger partial charge in [0, 0.05) is 32.4 Å². The van der Waals surface area contributed by atoms with E-state index in [1.165, 1.54) is 22.7 Å². The molecule has 1 atom stereocenters. The number of alkyl halides is 3. The minimum Gasteiger partial charge on any atom is -0.450 e. The van der Waals surface area contributed by atoms with Gasteiger partial charge in [0.25, 0.3) is 0 Å². The van der Waals surface area contributed by atoms with Gasteiger partial charge in [-0.1, -0.05) is 0 Å². The Kier molecular flexibility index (Phi) is 6.52. The van der Waals surface area contributed by atoms with Gasteiger partial charge in [-0.15, -0.1) is 0 Å². The molecule has 28 heavy (non-hydrogen) atoms. The van der Waals surface area contributed by atoms with Gasteiger partial charge in [-0.3, -0.25) is 14.3 Å². The maximum absolute atomic E-state index is 12.7. The van der Waals surface area contributed by atoms with Crippen LogP contribution in [0.25, 0.3) is 0 Å². The van der Waals surface area contributed by atoms with Crippen molar-refractivity contribution in [2.24, 2.45) is 0 Å². The van der Waals surface area contributed by atoms with Gasteiger partial charge in [-0.05, 0) is 20.8 Å². The molecule has 12 heteroatoms. The summed E-state index contributed by atoms with van der Waals surface area (Å²) in [6, 6.07) is -0.788. The summed E-state index contributed by atoms with van der Waals surface area (Å²) in [7, 11) is 0. The van der Waals surface area contributed by atoms with Gasteiger partial charge < -0.3 is 19.9 Å². The van der Waals surface area contributed by atoms with Crippen LogP contribution in [-0.2, 0) is 14.3 Å². The highest BCUT2D eigenvalue weighted by Gasteiger charge is 2.39. The summed E-state index contributed by atoms with van der Waals surface area (Å²) in [6.07, 6.45) is -4.26. The Balaban J connectivity index is 2.00. The number of hydrogen-bond donors (Lipinski definition) is 1. The number of piperazine rings is 1. The van der Waals surface area contributed by atoms with Crippen LogP contribution in [0.4, 0.5) is 23.7 Å². The summed E-state index contributed by atoms with van der Waals surface area (Å²) in [5.41, 5.74) is 0.0403. The van der Waals surface area contributed by atoms with Crippen LogP contribution < -0.4 is 5.32 Å². The molecule has 9 nitrogen and oxygen atoms in total. The molecule has 0 bridgehead atoms. The number of aryl methyl sites for hydroxylation is 1. The van der Waals surface area contributed by atoms with Crippen LogP contribution in [0.5, 0.6) is 0 Å². The van der Waals surface area contributed by atoms with Gasteiger partial charge in [0.15, 0.2) is 0 Å². The van der Waals surface area contributed by atoms with Crippen molar-refractivity contribution in [3.63, 3.8) is 0 Å². The van der Waals surface area contributed by atoms with Crippen molar-refractivity contribution in [1.82, 2.24) is 19.6 Å². The molecule has 0 saturated carbocycles. The fraction of sp³-hybridized carbons (Fsp3) is 0.625. The van der Waals surface area contributed by atoms with Crippen molar-refractivity contribution in [2.45, 2.75) is 33.0 Å². The topological polar surface area (TPSA) is 96.8 Å². The molecule has 0 aromatic carbocycles. The van der Waals surface area contributed by atoms with Crippen molar-refractivity contribution in [3.8, 4) is 0 Å². The highest BCUT2D eigenvalue weighted by Crippen LogP contribution is 2.22. The quantitative estimate of drug-likeness (QED) is 0.820. The van der Waals surface area contributed by atoms with E-state index in [0.29, 0.717) is 26.2 Å². The van der Waals surface area contributed by atoms with Gasteiger partial charge in [0.2, 0.25) is 5.91 Å². The first-order valence-electron chi connectivity index (χ1n) is 8.69. The van der Waals surface area contributed by atoms with Crippen LogP contribution in [0, 0.1) is 6.92 Å². The van der Waals surface area contributed by atoms with Crippen molar-refractivity contribution in [1.29, 1.82) is 0 Å². The van der Waals surface area contributed by atoms with Gasteiger partial charge in [-0.2, -0.15) is 18.3 Å². The summed E-state index contributed by atoms with van der Waals surface area (Å²) in [5, 5.41) is 5.78. The number of aromatic nitrogens is 2. The molecule has 1 aromatic rings. The number of halogens is 3. The lowest BCUT2D eigenvalue weighted by molar-refractivity contribution is -0.167. The first-order valence-corrected chi connectivity index (χ1v) is 8.69. The zero-order valence-electron chi connectivity index (χ0n) is 15.7. The Morgan fingerprint density at radius 2 is 1.79 bits per heavy atom. The molecule has 1 unspecified atom stereocenters. The highest BCUT2D eigenvalue weighted by atomic mass is 19.4. The van der Waals surface area contributed by atoms with Crippen LogP contribution in [0.2, 0.25) is 0 Å². The van der Waals surface area contributed by atoms with E-state index in [1.54, 1.807) is 24.1 Å². The molecule has 1 aliphatic rings. The third kappa shape index (κ3) is 4.93. The number of nitrogens with one attached hydrogen (secondary N) is 1. The maximum Gasteiger partial charge on any atom is 0.471 e. The van der Waals surface area contributed by atoms with Crippen molar-refractivity contribution in [2.75, 3.05) is 38.1 Å². The summed E-state index contributed by atoms with van der Waals surface area (Å²) in [6.45, 7) is 6.21. The molecule has 2 heterocycles. The number of anilines is 1. The van der Waals surface area contributed by atoms with E-state index < -0.39 is 24.2 Å². The number of amides is 3. The molecular formula is C16H22F3N5O4. The van der Waals surface area contributed by atoms with E-state index in [1.807, 2.05) is 0 Å². The molecule has 1 aliphatic heterocycles. The second kappa shape index (κ2) is 8.48. The van der Waals surface area contributed by atoms with Gasteiger partial charge in [0.05, 0.1) is 18.0 Å². The SMILES string of the molecule is CCOC(=O)N1CCN(C(=O)C(C)n2cc(NC(=O)C(F)(F)F)c(C)n2)CC1. The molecule has 2 rings (SSSR count). The minimum absolute atomic E-state index is 0.117. The summed E-state index contributed by atoms with van der Waals surface area (Å²) >= 11 is 0. The van der Waals surface area contributed by atoms with E-state index in [2.05, 4.69) is 5.10 Å². The number of hydrogen-bond acceptors (Lipinski definition) is 5. The second-order valence-electron chi connectivity index (χ2n) is 6.25. The number of nitrogens with zero attached hydrogens (tertiary/aromatic N) is 4. The summed E-state index contributed by atoms with van der Waals surface area (Å²) in [5.74, 6) is -2.40. The normalized spacial score (nSPS) is 15.9. The Hall–Kier alpha value is -2.79. The summed E-state index contributed by atoms with van der Waals surface area (Å²) < 4.78 is 43.3. The third-order valence-electron chi connectivity index (χ3n) is 4.29. The van der Waals surface area contributed by atoms with Crippen LogP contribution in [0.1, 0.15) is 25.6 Å². The smallest absolute Gasteiger partial charge is 0.450 e. The van der Waals surface area contributed by atoms with Crippen LogP contribution in [-0.4, -0.2) is 76.5 Å². The standard InChI is InChI=1S/C16H22F3N5O4/c1-4-28-15(27)23-7-5-22(6-8-23)13(25)11(3)24-9-12(10(2)21-24)20-14(26)16(17,18)19/h9,11H,4-8H2,1-3H3,(H,20,26). The van der Waals surface area contributed by atoms with Gasteiger partial charge in [0.1, 0.15) is 6.04 Å². The largest absolute Gasteiger partial charge is 0.471 e. The molecule has 3 amide bonds. The average molecular weight is 405 g/mol. The highest BCUT2D eigenvalue weighted by molar-refractivity contribution is 5.95. The van der Waals surface area contributed by atoms with E-state index in [-0.39, 0.29) is 23.9 Å². The molecular weight excluding hydrogens is 383 g/mol. The van der Waals surface area contributed by atoms with E-state index in [4.69, 9.17) is 4.74 Å². The molecule has 1 N–H and O–H groups in total.